The number of thioether (sulfide) groups is 1. The predicted octanol–water partition coefficient (Wildman–Crippen LogP) is 1.63. The summed E-state index contributed by atoms with van der Waals surface area (Å²) in [5.74, 6) is -0.990. The van der Waals surface area contributed by atoms with E-state index in [9.17, 15) is 14.4 Å². The number of β-lactam (4-membered cyclic amide) rings is 1. The highest BCUT2D eigenvalue weighted by Crippen LogP contribution is 2.40. The minimum atomic E-state index is -1.02. The maximum atomic E-state index is 12.4. The molecule has 26 heavy (non-hydrogen) atoms. The second-order valence-electron chi connectivity index (χ2n) is 6.77. The van der Waals surface area contributed by atoms with Crippen LogP contribution in [0.3, 0.4) is 0 Å². The van der Waals surface area contributed by atoms with Gasteiger partial charge in [-0.3, -0.25) is 9.59 Å². The molecule has 3 atom stereocenters. The van der Waals surface area contributed by atoms with Crippen molar-refractivity contribution in [2.24, 2.45) is 0 Å². The maximum Gasteiger partial charge on any atom is 0.335 e. The van der Waals surface area contributed by atoms with Gasteiger partial charge in [0.15, 0.2) is 0 Å². The number of hydrogen-bond acceptors (Lipinski definition) is 5. The van der Waals surface area contributed by atoms with Gasteiger partial charge in [-0.15, -0.1) is 11.8 Å². The summed E-state index contributed by atoms with van der Waals surface area (Å²) in [5, 5.41) is 15.3. The van der Waals surface area contributed by atoms with Crippen molar-refractivity contribution in [2.45, 2.75) is 36.6 Å². The Kier molecular flexibility index (Phi) is 4.46. The first-order chi connectivity index (χ1) is 12.5. The van der Waals surface area contributed by atoms with Crippen molar-refractivity contribution in [3.8, 4) is 0 Å². The van der Waals surface area contributed by atoms with Gasteiger partial charge in [-0.1, -0.05) is 6.07 Å². The Morgan fingerprint density at radius 3 is 2.88 bits per heavy atom. The van der Waals surface area contributed by atoms with Gasteiger partial charge in [0.2, 0.25) is 11.8 Å². The van der Waals surface area contributed by atoms with Crippen molar-refractivity contribution in [2.75, 3.05) is 11.9 Å². The number of carboxylic acids is 1. The van der Waals surface area contributed by atoms with E-state index in [1.807, 2.05) is 11.1 Å². The van der Waals surface area contributed by atoms with Crippen molar-refractivity contribution in [3.05, 3.63) is 40.9 Å². The molecule has 0 aliphatic carbocycles. The van der Waals surface area contributed by atoms with Crippen LogP contribution in [0.2, 0.25) is 0 Å². The summed E-state index contributed by atoms with van der Waals surface area (Å²) >= 11 is 1.75. The van der Waals surface area contributed by atoms with Crippen LogP contribution in [0.1, 0.15) is 29.6 Å². The fraction of sp³-hybridized carbons (Fsp3) is 0.389. The molecule has 2 amide bonds. The van der Waals surface area contributed by atoms with E-state index in [-0.39, 0.29) is 28.7 Å². The van der Waals surface area contributed by atoms with Gasteiger partial charge in [-0.05, 0) is 24.6 Å². The number of carboxylic acid groups (broad SMARTS) is 1. The highest BCUT2D eigenvalue weighted by Gasteiger charge is 2.41. The number of carbonyl (C=O) groups excluding carboxylic acids is 2. The molecule has 1 aromatic rings. The molecule has 2 saturated heterocycles. The van der Waals surface area contributed by atoms with E-state index >= 15 is 0 Å². The third kappa shape index (κ3) is 3.34. The lowest BCUT2D eigenvalue weighted by Crippen LogP contribution is -2.45. The van der Waals surface area contributed by atoms with Crippen molar-refractivity contribution >= 4 is 35.2 Å². The highest BCUT2D eigenvalue weighted by atomic mass is 32.2. The van der Waals surface area contributed by atoms with E-state index in [0.717, 1.165) is 13.0 Å². The summed E-state index contributed by atoms with van der Waals surface area (Å²) in [6, 6.07) is 6.27. The van der Waals surface area contributed by atoms with E-state index in [0.29, 0.717) is 24.6 Å². The molecule has 136 valence electrons. The standard InChI is InChI=1S/C18H19N3O4S/c22-16-6-12-5-14(9-21(12)16)26-13-7-15(19-8-13)17(23)20-11-3-1-2-10(4-11)18(24)25/h1-4,9,12-13,15,19H,5-8H2,(H,20,23)(H,24,25)/t12-,13?,15?/m1/s1. The molecule has 3 heterocycles. The average Bonchev–Trinajstić information content (AvgIpc) is 3.20. The number of fused-ring (bicyclic) bond motifs is 1. The molecule has 7 nitrogen and oxygen atoms in total. The smallest absolute Gasteiger partial charge is 0.335 e. The lowest BCUT2D eigenvalue weighted by molar-refractivity contribution is -0.140. The molecular formula is C18H19N3O4S. The summed E-state index contributed by atoms with van der Waals surface area (Å²) in [7, 11) is 0. The van der Waals surface area contributed by atoms with E-state index < -0.39 is 5.97 Å². The number of carbonyl (C=O) groups is 3. The Balaban J connectivity index is 1.31. The summed E-state index contributed by atoms with van der Waals surface area (Å²) < 4.78 is 0. The fourth-order valence-corrected chi connectivity index (χ4v) is 4.89. The Hall–Kier alpha value is -2.32. The van der Waals surface area contributed by atoms with E-state index in [1.165, 1.54) is 17.0 Å². The molecular weight excluding hydrogens is 354 g/mol. The zero-order valence-corrected chi connectivity index (χ0v) is 14.8. The molecule has 0 spiro atoms. The van der Waals surface area contributed by atoms with Gasteiger partial charge in [-0.25, -0.2) is 4.79 Å². The minimum Gasteiger partial charge on any atom is -0.478 e. The molecule has 3 aliphatic rings. The van der Waals surface area contributed by atoms with Crippen LogP contribution in [-0.2, 0) is 9.59 Å². The van der Waals surface area contributed by atoms with E-state index in [4.69, 9.17) is 5.11 Å². The lowest BCUT2D eigenvalue weighted by atomic mass is 10.0. The first kappa shape index (κ1) is 17.1. The molecule has 0 aromatic heterocycles. The normalized spacial score (nSPS) is 26.9. The third-order valence-electron chi connectivity index (χ3n) is 4.91. The zero-order valence-electron chi connectivity index (χ0n) is 14.0. The number of nitrogens with zero attached hydrogens (tertiary/aromatic N) is 1. The predicted molar refractivity (Wildman–Crippen MR) is 97.8 cm³/mol. The SMILES string of the molecule is O=C(O)c1cccc(NC(=O)C2CC(SC3=CN4C(=O)C[C@H]4C3)CN2)c1. The van der Waals surface area contributed by atoms with Gasteiger partial charge in [0.25, 0.3) is 0 Å². The maximum absolute atomic E-state index is 12.4. The van der Waals surface area contributed by atoms with Gasteiger partial charge >= 0.3 is 5.97 Å². The van der Waals surface area contributed by atoms with Gasteiger partial charge in [-0.2, -0.15) is 0 Å². The molecule has 0 saturated carbocycles. The quantitative estimate of drug-likeness (QED) is 0.679. The Morgan fingerprint density at radius 2 is 2.15 bits per heavy atom. The lowest BCUT2D eigenvalue weighted by Gasteiger charge is -2.32. The Bertz CT molecular complexity index is 809. The van der Waals surface area contributed by atoms with Crippen molar-refractivity contribution in [1.82, 2.24) is 10.2 Å². The monoisotopic (exact) mass is 373 g/mol. The van der Waals surface area contributed by atoms with Crippen LogP contribution in [0.25, 0.3) is 0 Å². The summed E-state index contributed by atoms with van der Waals surface area (Å²) in [6.45, 7) is 0.730. The molecule has 4 rings (SSSR count). The van der Waals surface area contributed by atoms with E-state index in [2.05, 4.69) is 10.6 Å². The van der Waals surface area contributed by atoms with Crippen LogP contribution in [0.15, 0.2) is 35.4 Å². The molecule has 2 unspecified atom stereocenters. The van der Waals surface area contributed by atoms with Crippen LogP contribution in [0.4, 0.5) is 5.69 Å². The second kappa shape index (κ2) is 6.77. The van der Waals surface area contributed by atoms with Crippen molar-refractivity contribution in [1.29, 1.82) is 0 Å². The molecule has 3 N–H and O–H groups in total. The van der Waals surface area contributed by atoms with Crippen LogP contribution in [0.5, 0.6) is 0 Å². The minimum absolute atomic E-state index is 0.142. The molecule has 8 heteroatoms. The van der Waals surface area contributed by atoms with Crippen molar-refractivity contribution < 1.29 is 19.5 Å². The average molecular weight is 373 g/mol. The van der Waals surface area contributed by atoms with Crippen molar-refractivity contribution in [3.63, 3.8) is 0 Å². The number of anilines is 1. The Labute approximate surface area is 154 Å². The number of benzene rings is 1. The first-order valence-electron chi connectivity index (χ1n) is 8.56. The zero-order chi connectivity index (χ0) is 18.3. The van der Waals surface area contributed by atoms with Crippen LogP contribution in [-0.4, -0.2) is 51.7 Å². The summed E-state index contributed by atoms with van der Waals surface area (Å²) in [6.07, 6.45) is 4.21. The molecule has 3 aliphatic heterocycles. The number of hydrogen-bond donors (Lipinski definition) is 3. The van der Waals surface area contributed by atoms with Gasteiger partial charge < -0.3 is 20.6 Å². The van der Waals surface area contributed by atoms with Gasteiger partial charge in [0.1, 0.15) is 0 Å². The van der Waals surface area contributed by atoms with E-state index in [1.54, 1.807) is 23.9 Å². The molecule has 0 bridgehead atoms. The third-order valence-corrected chi connectivity index (χ3v) is 6.18. The number of nitrogens with one attached hydrogen (secondary N) is 2. The van der Waals surface area contributed by atoms with Gasteiger partial charge in [0.05, 0.1) is 11.6 Å². The van der Waals surface area contributed by atoms with Crippen LogP contribution >= 0.6 is 11.8 Å². The summed E-state index contributed by atoms with van der Waals surface area (Å²) in [4.78, 5) is 37.9. The second-order valence-corrected chi connectivity index (χ2v) is 8.20. The number of amides is 2. The van der Waals surface area contributed by atoms with Crippen LogP contribution < -0.4 is 10.6 Å². The highest BCUT2D eigenvalue weighted by molar-refractivity contribution is 8.03. The first-order valence-corrected chi connectivity index (χ1v) is 9.43. The van der Waals surface area contributed by atoms with Crippen LogP contribution in [0, 0.1) is 0 Å². The molecule has 1 aromatic carbocycles. The number of rotatable bonds is 5. The van der Waals surface area contributed by atoms with Gasteiger partial charge in [0, 0.05) is 47.5 Å². The largest absolute Gasteiger partial charge is 0.478 e. The topological polar surface area (TPSA) is 98.7 Å². The Morgan fingerprint density at radius 1 is 1.31 bits per heavy atom. The molecule has 2 fully saturated rings. The molecule has 0 radical (unpaired) electrons. The number of aromatic carboxylic acids is 1. The fourth-order valence-electron chi connectivity index (χ4n) is 3.53. The summed E-state index contributed by atoms with van der Waals surface area (Å²) in [5.41, 5.74) is 0.622.